The summed E-state index contributed by atoms with van der Waals surface area (Å²) in [6.45, 7) is 7.41. The van der Waals surface area contributed by atoms with Crippen molar-refractivity contribution < 1.29 is 4.74 Å². The molecule has 0 atom stereocenters. The van der Waals surface area contributed by atoms with Gasteiger partial charge in [-0.25, -0.2) is 0 Å². The van der Waals surface area contributed by atoms with E-state index in [1.807, 2.05) is 31.2 Å². The number of benzene rings is 1. The van der Waals surface area contributed by atoms with Crippen molar-refractivity contribution in [2.45, 2.75) is 13.5 Å². The van der Waals surface area contributed by atoms with Crippen LogP contribution in [-0.4, -0.2) is 18.1 Å². The van der Waals surface area contributed by atoms with Crippen LogP contribution in [0.25, 0.3) is 10.9 Å². The smallest absolute Gasteiger partial charge is 0.252 e. The van der Waals surface area contributed by atoms with Crippen LogP contribution in [0.1, 0.15) is 12.5 Å². The molecule has 0 radical (unpaired) electrons. The van der Waals surface area contributed by atoms with Crippen molar-refractivity contribution in [1.82, 2.24) is 10.3 Å². The van der Waals surface area contributed by atoms with E-state index in [4.69, 9.17) is 4.74 Å². The fourth-order valence-electron chi connectivity index (χ4n) is 1.93. The van der Waals surface area contributed by atoms with Crippen molar-refractivity contribution in [2.24, 2.45) is 0 Å². The molecule has 0 aliphatic heterocycles. The third kappa shape index (κ3) is 3.23. The normalized spacial score (nSPS) is 10.6. The minimum Gasteiger partial charge on any atom is -0.494 e. The van der Waals surface area contributed by atoms with Crippen LogP contribution in [0.4, 0.5) is 0 Å². The minimum atomic E-state index is -0.0618. The molecule has 1 aromatic carbocycles. The molecule has 1 aromatic heterocycles. The molecular weight excluding hydrogens is 240 g/mol. The van der Waals surface area contributed by atoms with Crippen LogP contribution in [0.3, 0.4) is 0 Å². The number of ether oxygens (including phenoxy) is 1. The van der Waals surface area contributed by atoms with Gasteiger partial charge in [0.15, 0.2) is 0 Å². The molecule has 19 heavy (non-hydrogen) atoms. The minimum absolute atomic E-state index is 0.0618. The van der Waals surface area contributed by atoms with Crippen molar-refractivity contribution in [3.63, 3.8) is 0 Å². The third-order valence-corrected chi connectivity index (χ3v) is 2.81. The number of hydrogen-bond acceptors (Lipinski definition) is 3. The Bertz CT molecular complexity index is 632. The first-order valence-electron chi connectivity index (χ1n) is 6.35. The number of fused-ring (bicyclic) bond motifs is 1. The summed E-state index contributed by atoms with van der Waals surface area (Å²) in [7, 11) is 0. The number of H-pyrrole nitrogens is 1. The largest absolute Gasteiger partial charge is 0.494 e. The summed E-state index contributed by atoms with van der Waals surface area (Å²) in [5, 5.41) is 4.10. The maximum atomic E-state index is 11.9. The molecule has 1 heterocycles. The first kappa shape index (κ1) is 13.4. The third-order valence-electron chi connectivity index (χ3n) is 2.81. The molecule has 2 N–H and O–H groups in total. The van der Waals surface area contributed by atoms with Crippen molar-refractivity contribution in [3.05, 3.63) is 52.8 Å². The van der Waals surface area contributed by atoms with Gasteiger partial charge in [-0.15, -0.1) is 6.58 Å². The predicted molar refractivity (Wildman–Crippen MR) is 77.6 cm³/mol. The van der Waals surface area contributed by atoms with Crippen molar-refractivity contribution >= 4 is 10.9 Å². The van der Waals surface area contributed by atoms with E-state index in [0.29, 0.717) is 25.3 Å². The monoisotopic (exact) mass is 258 g/mol. The molecule has 100 valence electrons. The van der Waals surface area contributed by atoms with Gasteiger partial charge in [0.1, 0.15) is 5.75 Å². The van der Waals surface area contributed by atoms with Crippen molar-refractivity contribution in [1.29, 1.82) is 0 Å². The summed E-state index contributed by atoms with van der Waals surface area (Å²) >= 11 is 0. The highest BCUT2D eigenvalue weighted by atomic mass is 16.5. The van der Waals surface area contributed by atoms with Crippen LogP contribution < -0.4 is 15.6 Å². The number of aromatic amines is 1. The second-order valence-electron chi connectivity index (χ2n) is 4.23. The van der Waals surface area contributed by atoms with E-state index in [0.717, 1.165) is 16.7 Å². The highest BCUT2D eigenvalue weighted by Crippen LogP contribution is 2.19. The Morgan fingerprint density at radius 2 is 2.26 bits per heavy atom. The van der Waals surface area contributed by atoms with Gasteiger partial charge >= 0.3 is 0 Å². The fraction of sp³-hybridized carbons (Fsp3) is 0.267. The Balaban J connectivity index is 2.34. The molecule has 0 saturated carbocycles. The first-order chi connectivity index (χ1) is 9.24. The molecule has 2 aromatic rings. The molecule has 4 nitrogen and oxygen atoms in total. The van der Waals surface area contributed by atoms with E-state index in [-0.39, 0.29) is 5.56 Å². The summed E-state index contributed by atoms with van der Waals surface area (Å²) in [5.41, 5.74) is 1.47. The van der Waals surface area contributed by atoms with E-state index in [9.17, 15) is 4.79 Å². The maximum absolute atomic E-state index is 11.9. The van der Waals surface area contributed by atoms with Gasteiger partial charge < -0.3 is 15.0 Å². The van der Waals surface area contributed by atoms with Gasteiger partial charge in [0.05, 0.1) is 6.61 Å². The van der Waals surface area contributed by atoms with E-state index in [1.54, 1.807) is 6.08 Å². The number of aromatic nitrogens is 1. The Morgan fingerprint density at radius 1 is 1.42 bits per heavy atom. The molecule has 0 unspecified atom stereocenters. The van der Waals surface area contributed by atoms with Crippen LogP contribution in [0.15, 0.2) is 41.7 Å². The lowest BCUT2D eigenvalue weighted by atomic mass is 10.1. The van der Waals surface area contributed by atoms with Gasteiger partial charge in [-0.3, -0.25) is 4.79 Å². The molecule has 0 bridgehead atoms. The summed E-state index contributed by atoms with van der Waals surface area (Å²) in [5.74, 6) is 0.812. The maximum Gasteiger partial charge on any atom is 0.252 e. The lowest BCUT2D eigenvalue weighted by molar-refractivity contribution is 0.340. The summed E-state index contributed by atoms with van der Waals surface area (Å²) in [6.07, 6.45) is 1.77. The van der Waals surface area contributed by atoms with Crippen LogP contribution >= 0.6 is 0 Å². The molecule has 0 spiro atoms. The second-order valence-corrected chi connectivity index (χ2v) is 4.23. The van der Waals surface area contributed by atoms with Crippen molar-refractivity contribution in [3.8, 4) is 5.75 Å². The number of pyridine rings is 1. The summed E-state index contributed by atoms with van der Waals surface area (Å²) < 4.78 is 5.46. The Morgan fingerprint density at radius 3 is 3.00 bits per heavy atom. The standard InChI is InChI=1S/C15H18N2O2/c1-3-7-16-10-12-8-11-9-13(19-4-2)5-6-14(11)17-15(12)18/h3,5-6,8-9,16H,1,4,7,10H2,2H3,(H,17,18). The molecule has 2 rings (SSSR count). The quantitative estimate of drug-likeness (QED) is 0.617. The zero-order valence-electron chi connectivity index (χ0n) is 11.0. The van der Waals surface area contributed by atoms with Gasteiger partial charge in [0.25, 0.3) is 5.56 Å². The van der Waals surface area contributed by atoms with Gasteiger partial charge in [0.2, 0.25) is 0 Å². The first-order valence-corrected chi connectivity index (χ1v) is 6.35. The Kier molecular flexibility index (Phi) is 4.36. The molecule has 0 fully saturated rings. The van der Waals surface area contributed by atoms with E-state index in [1.165, 1.54) is 0 Å². The van der Waals surface area contributed by atoms with Crippen LogP contribution in [0.5, 0.6) is 5.75 Å². The molecular formula is C15H18N2O2. The zero-order chi connectivity index (χ0) is 13.7. The Hall–Kier alpha value is -2.07. The average Bonchev–Trinajstić information content (AvgIpc) is 2.40. The topological polar surface area (TPSA) is 54.1 Å². The van der Waals surface area contributed by atoms with Gasteiger partial charge in [0, 0.05) is 29.6 Å². The fourth-order valence-corrected chi connectivity index (χ4v) is 1.93. The van der Waals surface area contributed by atoms with Gasteiger partial charge in [-0.2, -0.15) is 0 Å². The number of hydrogen-bond donors (Lipinski definition) is 2. The SMILES string of the molecule is C=CCNCc1cc2cc(OCC)ccc2[nH]c1=O. The lowest BCUT2D eigenvalue weighted by Crippen LogP contribution is -2.20. The van der Waals surface area contributed by atoms with Crippen molar-refractivity contribution in [2.75, 3.05) is 13.2 Å². The van der Waals surface area contributed by atoms with Gasteiger partial charge in [-0.1, -0.05) is 6.08 Å². The number of nitrogens with one attached hydrogen (secondary N) is 2. The molecule has 0 saturated heterocycles. The van der Waals surface area contributed by atoms with Crippen LogP contribution in [-0.2, 0) is 6.54 Å². The van der Waals surface area contributed by atoms with E-state index >= 15 is 0 Å². The highest BCUT2D eigenvalue weighted by Gasteiger charge is 2.03. The molecule has 4 heteroatoms. The summed E-state index contributed by atoms with van der Waals surface area (Å²) in [4.78, 5) is 14.8. The number of rotatable bonds is 6. The van der Waals surface area contributed by atoms with Crippen LogP contribution in [0, 0.1) is 0 Å². The van der Waals surface area contributed by atoms with Gasteiger partial charge in [-0.05, 0) is 31.2 Å². The lowest BCUT2D eigenvalue weighted by Gasteiger charge is -2.07. The summed E-state index contributed by atoms with van der Waals surface area (Å²) in [6, 6.07) is 7.55. The van der Waals surface area contributed by atoms with E-state index < -0.39 is 0 Å². The molecule has 0 aliphatic rings. The average molecular weight is 258 g/mol. The van der Waals surface area contributed by atoms with Crippen LogP contribution in [0.2, 0.25) is 0 Å². The Labute approximate surface area is 112 Å². The highest BCUT2D eigenvalue weighted by molar-refractivity contribution is 5.80. The van der Waals surface area contributed by atoms with E-state index in [2.05, 4.69) is 16.9 Å². The molecule has 0 amide bonds. The molecule has 0 aliphatic carbocycles. The second kappa shape index (κ2) is 6.20. The zero-order valence-corrected chi connectivity index (χ0v) is 11.0. The predicted octanol–water partition coefficient (Wildman–Crippen LogP) is 2.20.